The number of likely N-dealkylation sites (N-methyl/N-ethyl adjacent to an activating group) is 1. The zero-order valence-electron chi connectivity index (χ0n) is 9.83. The Morgan fingerprint density at radius 1 is 1.44 bits per heavy atom. The van der Waals surface area contributed by atoms with E-state index < -0.39 is 7.75 Å². The predicted octanol–water partition coefficient (Wildman–Crippen LogP) is 2.30. The van der Waals surface area contributed by atoms with Crippen molar-refractivity contribution in [2.75, 3.05) is 14.2 Å². The van der Waals surface area contributed by atoms with E-state index in [4.69, 9.17) is 0 Å². The summed E-state index contributed by atoms with van der Waals surface area (Å²) in [6, 6.07) is 9.80. The Balaban J connectivity index is 2.66. The normalized spacial score (nSPS) is 17.1. The van der Waals surface area contributed by atoms with Crippen LogP contribution in [0.4, 0.5) is 0 Å². The van der Waals surface area contributed by atoms with Crippen LogP contribution in [0.3, 0.4) is 0 Å². The van der Waals surface area contributed by atoms with Gasteiger partial charge in [0, 0.05) is 13.2 Å². The highest BCUT2D eigenvalue weighted by Crippen LogP contribution is 2.45. The Kier molecular flexibility index (Phi) is 4.69. The van der Waals surface area contributed by atoms with Crippen LogP contribution < -0.4 is 0 Å². The molecule has 16 heavy (non-hydrogen) atoms. The fraction of sp³-hybridized carbons (Fsp3) is 0.455. The number of benzene rings is 1. The minimum absolute atomic E-state index is 0.0572. The smallest absolute Gasteiger partial charge is 0.312 e. The summed E-state index contributed by atoms with van der Waals surface area (Å²) in [4.78, 5) is 9.50. The van der Waals surface area contributed by atoms with E-state index in [9.17, 15) is 9.46 Å². The molecule has 0 saturated carbocycles. The molecule has 4 nitrogen and oxygen atoms in total. The lowest BCUT2D eigenvalue weighted by Gasteiger charge is -2.27. The zero-order valence-corrected chi connectivity index (χ0v) is 10.7. The fourth-order valence-electron chi connectivity index (χ4n) is 1.47. The molecule has 0 fully saturated rings. The first-order valence-electron chi connectivity index (χ1n) is 5.13. The molecule has 5 heteroatoms. The highest BCUT2D eigenvalue weighted by Gasteiger charge is 2.28. The summed E-state index contributed by atoms with van der Waals surface area (Å²) >= 11 is 0. The molecule has 0 heterocycles. The molecule has 0 spiro atoms. The van der Waals surface area contributed by atoms with Crippen molar-refractivity contribution in [3.63, 3.8) is 0 Å². The maximum absolute atomic E-state index is 11.6. The molecule has 0 aliphatic carbocycles. The van der Waals surface area contributed by atoms with Crippen LogP contribution in [-0.2, 0) is 15.5 Å². The Labute approximate surface area is 96.4 Å². The number of rotatable bonds is 5. The van der Waals surface area contributed by atoms with Gasteiger partial charge in [-0.2, -0.15) is 0 Å². The lowest BCUT2D eigenvalue weighted by Crippen LogP contribution is -2.28. The molecule has 2 unspecified atom stereocenters. The SMILES string of the molecule is COP(=O)(O)N(C)C(C)Cc1ccccc1. The summed E-state index contributed by atoms with van der Waals surface area (Å²) in [7, 11) is -0.787. The summed E-state index contributed by atoms with van der Waals surface area (Å²) in [6.45, 7) is 1.90. The van der Waals surface area contributed by atoms with Crippen molar-refractivity contribution in [3.05, 3.63) is 35.9 Å². The van der Waals surface area contributed by atoms with E-state index in [0.29, 0.717) is 6.42 Å². The van der Waals surface area contributed by atoms with Gasteiger partial charge in [-0.05, 0) is 26.0 Å². The van der Waals surface area contributed by atoms with Crippen molar-refractivity contribution >= 4 is 7.75 Å². The molecule has 0 saturated heterocycles. The quantitative estimate of drug-likeness (QED) is 0.806. The number of hydrogen-bond acceptors (Lipinski definition) is 2. The fourth-order valence-corrected chi connectivity index (χ4v) is 2.30. The van der Waals surface area contributed by atoms with Gasteiger partial charge in [-0.3, -0.25) is 0 Å². The molecular weight excluding hydrogens is 225 g/mol. The summed E-state index contributed by atoms with van der Waals surface area (Å²) in [5.74, 6) is 0. The first-order chi connectivity index (χ1) is 7.47. The molecule has 0 amide bonds. The Bertz CT molecular complexity index is 369. The Hall–Kier alpha value is -0.670. The van der Waals surface area contributed by atoms with E-state index >= 15 is 0 Å². The maximum Gasteiger partial charge on any atom is 0.405 e. The van der Waals surface area contributed by atoms with Gasteiger partial charge in [0.25, 0.3) is 0 Å². The van der Waals surface area contributed by atoms with Crippen molar-refractivity contribution in [2.45, 2.75) is 19.4 Å². The van der Waals surface area contributed by atoms with Gasteiger partial charge < -0.3 is 9.42 Å². The average Bonchev–Trinajstić information content (AvgIpc) is 2.29. The molecular formula is C11H18NO3P. The van der Waals surface area contributed by atoms with Gasteiger partial charge in [0.1, 0.15) is 0 Å². The van der Waals surface area contributed by atoms with E-state index in [1.165, 1.54) is 11.8 Å². The Morgan fingerprint density at radius 2 is 2.00 bits per heavy atom. The summed E-state index contributed by atoms with van der Waals surface area (Å²) in [6.07, 6.45) is 0.714. The lowest BCUT2D eigenvalue weighted by atomic mass is 10.1. The van der Waals surface area contributed by atoms with Crippen LogP contribution in [-0.4, -0.2) is 29.8 Å². The first-order valence-corrected chi connectivity index (χ1v) is 6.66. The highest BCUT2D eigenvalue weighted by atomic mass is 31.2. The number of hydrogen-bond donors (Lipinski definition) is 1. The van der Waals surface area contributed by atoms with E-state index in [1.54, 1.807) is 7.05 Å². The van der Waals surface area contributed by atoms with Gasteiger partial charge in [-0.15, -0.1) is 0 Å². The minimum atomic E-state index is -3.62. The number of nitrogens with zero attached hydrogens (tertiary/aromatic N) is 1. The largest absolute Gasteiger partial charge is 0.405 e. The van der Waals surface area contributed by atoms with Gasteiger partial charge in [-0.1, -0.05) is 30.3 Å². The van der Waals surface area contributed by atoms with E-state index in [-0.39, 0.29) is 6.04 Å². The minimum Gasteiger partial charge on any atom is -0.312 e. The second kappa shape index (κ2) is 5.60. The molecule has 1 rings (SSSR count). The second-order valence-corrected chi connectivity index (χ2v) is 5.76. The zero-order chi connectivity index (χ0) is 12.2. The third kappa shape index (κ3) is 3.42. The monoisotopic (exact) mass is 243 g/mol. The predicted molar refractivity (Wildman–Crippen MR) is 64.2 cm³/mol. The standard InChI is InChI=1S/C11H18NO3P/c1-10(12(2)16(13,14)15-3)9-11-7-5-4-6-8-11/h4-8,10H,9H2,1-3H3,(H,13,14). The average molecular weight is 243 g/mol. The van der Waals surface area contributed by atoms with Crippen molar-refractivity contribution in [3.8, 4) is 0 Å². The molecule has 0 aromatic heterocycles. The summed E-state index contributed by atoms with van der Waals surface area (Å²) < 4.78 is 17.5. The molecule has 0 aliphatic rings. The van der Waals surface area contributed by atoms with Gasteiger partial charge >= 0.3 is 7.75 Å². The molecule has 0 radical (unpaired) electrons. The molecule has 1 aromatic rings. The van der Waals surface area contributed by atoms with Gasteiger partial charge in [0.2, 0.25) is 0 Å². The van der Waals surface area contributed by atoms with Crippen LogP contribution in [0.25, 0.3) is 0 Å². The van der Waals surface area contributed by atoms with E-state index in [2.05, 4.69) is 4.52 Å². The van der Waals surface area contributed by atoms with Crippen LogP contribution in [0.2, 0.25) is 0 Å². The van der Waals surface area contributed by atoms with Crippen molar-refractivity contribution in [1.82, 2.24) is 4.67 Å². The van der Waals surface area contributed by atoms with Crippen LogP contribution >= 0.6 is 7.75 Å². The van der Waals surface area contributed by atoms with Gasteiger partial charge in [0.05, 0.1) is 0 Å². The van der Waals surface area contributed by atoms with Crippen molar-refractivity contribution in [2.24, 2.45) is 0 Å². The van der Waals surface area contributed by atoms with Gasteiger partial charge in [0.15, 0.2) is 0 Å². The van der Waals surface area contributed by atoms with Crippen molar-refractivity contribution < 1.29 is 14.0 Å². The molecule has 1 aromatic carbocycles. The molecule has 0 aliphatic heterocycles. The molecule has 0 bridgehead atoms. The lowest BCUT2D eigenvalue weighted by molar-refractivity contribution is 0.229. The first kappa shape index (κ1) is 13.4. The molecule has 2 atom stereocenters. The third-order valence-electron chi connectivity index (χ3n) is 2.65. The second-order valence-electron chi connectivity index (χ2n) is 3.79. The van der Waals surface area contributed by atoms with Gasteiger partial charge in [-0.25, -0.2) is 9.24 Å². The highest BCUT2D eigenvalue weighted by molar-refractivity contribution is 7.50. The summed E-state index contributed by atoms with van der Waals surface area (Å²) in [5, 5.41) is 0. The van der Waals surface area contributed by atoms with Crippen LogP contribution in [0.1, 0.15) is 12.5 Å². The third-order valence-corrected chi connectivity index (χ3v) is 4.32. The van der Waals surface area contributed by atoms with Crippen LogP contribution in [0.5, 0.6) is 0 Å². The maximum atomic E-state index is 11.6. The van der Waals surface area contributed by atoms with Crippen molar-refractivity contribution in [1.29, 1.82) is 0 Å². The summed E-state index contributed by atoms with van der Waals surface area (Å²) in [5.41, 5.74) is 1.14. The molecule has 90 valence electrons. The topological polar surface area (TPSA) is 49.8 Å². The molecule has 1 N–H and O–H groups in total. The van der Waals surface area contributed by atoms with Crippen LogP contribution in [0.15, 0.2) is 30.3 Å². The van der Waals surface area contributed by atoms with E-state index in [0.717, 1.165) is 5.56 Å². The Morgan fingerprint density at radius 3 is 2.50 bits per heavy atom. The van der Waals surface area contributed by atoms with Crippen LogP contribution in [0, 0.1) is 0 Å². The van der Waals surface area contributed by atoms with E-state index in [1.807, 2.05) is 37.3 Å².